The Morgan fingerprint density at radius 1 is 1.19 bits per heavy atom. The van der Waals surface area contributed by atoms with E-state index in [1.165, 1.54) is 24.3 Å². The van der Waals surface area contributed by atoms with Crippen molar-refractivity contribution in [3.05, 3.63) is 0 Å². The smallest absolute Gasteiger partial charge is 0.0463 e. The predicted molar refractivity (Wildman–Crippen MR) is 70.6 cm³/mol. The SMILES string of the molecule is CN1CCN(NC2(CN)CCSCC2)CC1. The molecule has 2 saturated heterocycles. The molecule has 0 radical (unpaired) electrons. The Kier molecular flexibility index (Phi) is 4.49. The number of thioether (sulfide) groups is 1. The monoisotopic (exact) mass is 244 g/mol. The van der Waals surface area contributed by atoms with E-state index >= 15 is 0 Å². The lowest BCUT2D eigenvalue weighted by Gasteiger charge is -2.43. The van der Waals surface area contributed by atoms with Crippen molar-refractivity contribution in [1.82, 2.24) is 15.3 Å². The maximum absolute atomic E-state index is 5.97. The van der Waals surface area contributed by atoms with Crippen molar-refractivity contribution >= 4 is 11.8 Å². The first-order valence-corrected chi connectivity index (χ1v) is 7.39. The van der Waals surface area contributed by atoms with Gasteiger partial charge in [-0.2, -0.15) is 11.8 Å². The first-order chi connectivity index (χ1) is 7.74. The van der Waals surface area contributed by atoms with E-state index in [4.69, 9.17) is 5.73 Å². The van der Waals surface area contributed by atoms with Gasteiger partial charge >= 0.3 is 0 Å². The Balaban J connectivity index is 1.86. The summed E-state index contributed by atoms with van der Waals surface area (Å²) in [6, 6.07) is 0. The normalized spacial score (nSPS) is 28.1. The highest BCUT2D eigenvalue weighted by molar-refractivity contribution is 7.99. The standard InChI is InChI=1S/C11H24N4S/c1-14-4-6-15(7-5-14)13-11(10-12)2-8-16-9-3-11/h13H,2-10,12H2,1H3. The third-order valence-electron chi connectivity index (χ3n) is 3.74. The van der Waals surface area contributed by atoms with Crippen molar-refractivity contribution in [2.75, 3.05) is 51.3 Å². The number of nitrogens with one attached hydrogen (secondary N) is 1. The van der Waals surface area contributed by atoms with E-state index < -0.39 is 0 Å². The van der Waals surface area contributed by atoms with Crippen LogP contribution in [0.15, 0.2) is 0 Å². The van der Waals surface area contributed by atoms with Crippen LogP contribution in [0.4, 0.5) is 0 Å². The van der Waals surface area contributed by atoms with Crippen molar-refractivity contribution in [1.29, 1.82) is 0 Å². The molecule has 16 heavy (non-hydrogen) atoms. The molecule has 4 nitrogen and oxygen atoms in total. The van der Waals surface area contributed by atoms with Crippen LogP contribution in [-0.4, -0.2) is 66.7 Å². The summed E-state index contributed by atoms with van der Waals surface area (Å²) >= 11 is 2.05. The molecule has 2 aliphatic heterocycles. The van der Waals surface area contributed by atoms with Gasteiger partial charge in [-0.3, -0.25) is 0 Å². The molecule has 0 aliphatic carbocycles. The summed E-state index contributed by atoms with van der Waals surface area (Å²) in [4.78, 5) is 2.38. The highest BCUT2D eigenvalue weighted by Crippen LogP contribution is 2.26. The summed E-state index contributed by atoms with van der Waals surface area (Å²) in [5, 5.41) is 2.38. The molecule has 0 aromatic carbocycles. The van der Waals surface area contributed by atoms with E-state index in [1.54, 1.807) is 0 Å². The summed E-state index contributed by atoms with van der Waals surface area (Å²) in [5.74, 6) is 2.50. The quantitative estimate of drug-likeness (QED) is 0.729. The van der Waals surface area contributed by atoms with Gasteiger partial charge in [0.15, 0.2) is 0 Å². The molecule has 2 aliphatic rings. The fourth-order valence-electron chi connectivity index (χ4n) is 2.38. The van der Waals surface area contributed by atoms with Gasteiger partial charge in [-0.05, 0) is 31.4 Å². The van der Waals surface area contributed by atoms with E-state index in [0.29, 0.717) is 0 Å². The van der Waals surface area contributed by atoms with E-state index in [9.17, 15) is 0 Å². The average Bonchev–Trinajstić information content (AvgIpc) is 2.33. The van der Waals surface area contributed by atoms with Gasteiger partial charge in [0.2, 0.25) is 0 Å². The molecule has 0 unspecified atom stereocenters. The summed E-state index contributed by atoms with van der Waals surface area (Å²) < 4.78 is 0. The summed E-state index contributed by atoms with van der Waals surface area (Å²) in [5.41, 5.74) is 9.87. The van der Waals surface area contributed by atoms with Crippen molar-refractivity contribution < 1.29 is 0 Å². The van der Waals surface area contributed by atoms with E-state index in [-0.39, 0.29) is 5.54 Å². The van der Waals surface area contributed by atoms with Gasteiger partial charge in [-0.1, -0.05) is 0 Å². The van der Waals surface area contributed by atoms with Crippen molar-refractivity contribution in [2.45, 2.75) is 18.4 Å². The third-order valence-corrected chi connectivity index (χ3v) is 4.72. The molecule has 2 heterocycles. The minimum atomic E-state index is 0.182. The Morgan fingerprint density at radius 2 is 1.81 bits per heavy atom. The van der Waals surface area contributed by atoms with Crippen LogP contribution in [0.2, 0.25) is 0 Å². The largest absolute Gasteiger partial charge is 0.329 e. The fraction of sp³-hybridized carbons (Fsp3) is 1.00. The molecule has 5 heteroatoms. The average molecular weight is 244 g/mol. The minimum absolute atomic E-state index is 0.182. The molecule has 0 saturated carbocycles. The zero-order valence-electron chi connectivity index (χ0n) is 10.2. The van der Waals surface area contributed by atoms with Crippen LogP contribution in [0.25, 0.3) is 0 Å². The molecule has 0 bridgehead atoms. The summed E-state index contributed by atoms with van der Waals surface area (Å²) in [6.45, 7) is 5.31. The molecule has 2 fully saturated rings. The van der Waals surface area contributed by atoms with Crippen LogP contribution in [0, 0.1) is 0 Å². The van der Waals surface area contributed by atoms with E-state index in [2.05, 4.69) is 34.1 Å². The predicted octanol–water partition coefficient (Wildman–Crippen LogP) is -0.0371. The second kappa shape index (κ2) is 5.69. The lowest BCUT2D eigenvalue weighted by Crippen LogP contribution is -2.63. The molecule has 2 rings (SSSR count). The second-order valence-corrected chi connectivity index (χ2v) is 6.22. The highest BCUT2D eigenvalue weighted by Gasteiger charge is 2.33. The fourth-order valence-corrected chi connectivity index (χ4v) is 3.65. The number of nitrogens with two attached hydrogens (primary N) is 1. The van der Waals surface area contributed by atoms with Crippen LogP contribution in [-0.2, 0) is 0 Å². The molecular formula is C11H24N4S. The molecule has 94 valence electrons. The number of nitrogens with zero attached hydrogens (tertiary/aromatic N) is 2. The van der Waals surface area contributed by atoms with Crippen LogP contribution in [0.1, 0.15) is 12.8 Å². The van der Waals surface area contributed by atoms with Gasteiger partial charge in [-0.15, -0.1) is 0 Å². The zero-order chi connectivity index (χ0) is 11.4. The van der Waals surface area contributed by atoms with E-state index in [0.717, 1.165) is 32.7 Å². The first kappa shape index (κ1) is 12.6. The van der Waals surface area contributed by atoms with Crippen molar-refractivity contribution in [3.8, 4) is 0 Å². The lowest BCUT2D eigenvalue weighted by molar-refractivity contribution is 0.0512. The Morgan fingerprint density at radius 3 is 2.38 bits per heavy atom. The Bertz CT molecular complexity index is 210. The highest BCUT2D eigenvalue weighted by atomic mass is 32.2. The lowest BCUT2D eigenvalue weighted by atomic mass is 9.93. The molecule has 0 atom stereocenters. The summed E-state index contributed by atoms with van der Waals surface area (Å²) in [6.07, 6.45) is 2.42. The van der Waals surface area contributed by atoms with Gasteiger partial charge in [0.1, 0.15) is 0 Å². The number of rotatable bonds is 3. The maximum atomic E-state index is 5.97. The maximum Gasteiger partial charge on any atom is 0.0463 e. The number of hydrogen-bond donors (Lipinski definition) is 2. The summed E-state index contributed by atoms with van der Waals surface area (Å²) in [7, 11) is 2.19. The molecule has 3 N–H and O–H groups in total. The van der Waals surface area contributed by atoms with Gasteiger partial charge < -0.3 is 10.6 Å². The zero-order valence-corrected chi connectivity index (χ0v) is 11.1. The van der Waals surface area contributed by atoms with E-state index in [1.807, 2.05) is 0 Å². The molecule has 0 spiro atoms. The van der Waals surface area contributed by atoms with Gasteiger partial charge in [0, 0.05) is 38.3 Å². The van der Waals surface area contributed by atoms with Crippen LogP contribution in [0.3, 0.4) is 0 Å². The van der Waals surface area contributed by atoms with Crippen LogP contribution in [0.5, 0.6) is 0 Å². The number of hydrazine groups is 1. The van der Waals surface area contributed by atoms with Gasteiger partial charge in [-0.25, -0.2) is 10.4 Å². The number of piperazine rings is 1. The molecule has 0 aromatic rings. The molecule has 0 aromatic heterocycles. The topological polar surface area (TPSA) is 44.5 Å². The third kappa shape index (κ3) is 3.11. The molecular weight excluding hydrogens is 220 g/mol. The Labute approximate surface area is 103 Å². The molecule has 0 amide bonds. The Hall–Kier alpha value is 0.190. The second-order valence-electron chi connectivity index (χ2n) is 5.00. The number of likely N-dealkylation sites (N-methyl/N-ethyl adjacent to an activating group) is 1. The van der Waals surface area contributed by atoms with Gasteiger partial charge in [0.25, 0.3) is 0 Å². The van der Waals surface area contributed by atoms with Crippen molar-refractivity contribution in [3.63, 3.8) is 0 Å². The van der Waals surface area contributed by atoms with Gasteiger partial charge in [0.05, 0.1) is 0 Å². The first-order valence-electron chi connectivity index (χ1n) is 6.23. The van der Waals surface area contributed by atoms with Crippen LogP contribution < -0.4 is 11.2 Å². The minimum Gasteiger partial charge on any atom is -0.329 e. The van der Waals surface area contributed by atoms with Crippen LogP contribution >= 0.6 is 11.8 Å². The van der Waals surface area contributed by atoms with Crippen molar-refractivity contribution in [2.24, 2.45) is 5.73 Å². The number of hydrogen-bond acceptors (Lipinski definition) is 5.